The maximum Gasteiger partial charge on any atom is 0.319 e. The van der Waals surface area contributed by atoms with Crippen molar-refractivity contribution >= 4 is 33.6 Å². The molecule has 1 aromatic rings. The lowest BCUT2D eigenvalue weighted by Crippen LogP contribution is -2.37. The first-order valence-corrected chi connectivity index (χ1v) is 6.46. The number of hydrogen-bond donors (Lipinski definition) is 3. The van der Waals surface area contributed by atoms with Crippen LogP contribution in [-0.2, 0) is 9.53 Å². The summed E-state index contributed by atoms with van der Waals surface area (Å²) >= 11 is 3.00. The highest BCUT2D eigenvalue weighted by Crippen LogP contribution is 2.19. The fourth-order valence-electron chi connectivity index (χ4n) is 1.39. The number of nitrogens with one attached hydrogen (secondary N) is 2. The molecule has 8 heteroatoms. The summed E-state index contributed by atoms with van der Waals surface area (Å²) in [6, 6.07) is 3.50. The normalized spacial score (nSPS) is 11.8. The zero-order valence-corrected chi connectivity index (χ0v) is 12.2. The topological polar surface area (TPSA) is 87.7 Å². The van der Waals surface area contributed by atoms with Gasteiger partial charge < -0.3 is 20.5 Å². The third kappa shape index (κ3) is 5.54. The Morgan fingerprint density at radius 3 is 2.75 bits per heavy atom. The number of rotatable bonds is 6. The number of carboxylic acid groups (broad SMARTS) is 1. The van der Waals surface area contributed by atoms with E-state index in [1.54, 1.807) is 0 Å². The lowest BCUT2D eigenvalue weighted by molar-refractivity contribution is -0.139. The van der Waals surface area contributed by atoms with E-state index in [0.717, 1.165) is 0 Å². The second kappa shape index (κ2) is 7.81. The number of amides is 2. The van der Waals surface area contributed by atoms with E-state index < -0.39 is 23.9 Å². The Balaban J connectivity index is 2.46. The average Bonchev–Trinajstić information content (AvgIpc) is 2.38. The first-order valence-electron chi connectivity index (χ1n) is 5.67. The number of aliphatic carboxylic acids is 1. The number of carbonyl (C=O) groups is 2. The molecule has 1 atom stereocenters. The Hall–Kier alpha value is -1.67. The van der Waals surface area contributed by atoms with Crippen LogP contribution in [0.15, 0.2) is 22.7 Å². The Kier molecular flexibility index (Phi) is 6.40. The van der Waals surface area contributed by atoms with Crippen molar-refractivity contribution < 1.29 is 23.8 Å². The summed E-state index contributed by atoms with van der Waals surface area (Å²) in [5.74, 6) is -1.45. The van der Waals surface area contributed by atoms with E-state index in [0.29, 0.717) is 5.69 Å². The van der Waals surface area contributed by atoms with Crippen molar-refractivity contribution in [2.24, 2.45) is 0 Å². The molecule has 110 valence electrons. The Bertz CT molecular complexity index is 498. The van der Waals surface area contributed by atoms with Crippen LogP contribution in [0.4, 0.5) is 14.9 Å². The van der Waals surface area contributed by atoms with Crippen LogP contribution in [0.2, 0.25) is 0 Å². The summed E-state index contributed by atoms with van der Waals surface area (Å²) in [4.78, 5) is 22.1. The van der Waals surface area contributed by atoms with Crippen LogP contribution in [0, 0.1) is 5.82 Å². The number of hydrogen-bond acceptors (Lipinski definition) is 3. The molecule has 0 heterocycles. The smallest absolute Gasteiger partial charge is 0.319 e. The molecule has 1 rings (SSSR count). The number of urea groups is 1. The highest BCUT2D eigenvalue weighted by atomic mass is 79.9. The Morgan fingerprint density at radius 1 is 1.50 bits per heavy atom. The van der Waals surface area contributed by atoms with Crippen LogP contribution in [0.1, 0.15) is 6.42 Å². The van der Waals surface area contributed by atoms with Gasteiger partial charge in [-0.25, -0.2) is 9.18 Å². The van der Waals surface area contributed by atoms with Gasteiger partial charge in [-0.15, -0.1) is 0 Å². The number of ether oxygens (including phenoxy) is 1. The van der Waals surface area contributed by atoms with Crippen molar-refractivity contribution in [2.45, 2.75) is 12.5 Å². The van der Waals surface area contributed by atoms with Crippen molar-refractivity contribution in [1.29, 1.82) is 0 Å². The van der Waals surface area contributed by atoms with E-state index in [1.807, 2.05) is 0 Å². The van der Waals surface area contributed by atoms with E-state index in [1.165, 1.54) is 25.3 Å². The van der Waals surface area contributed by atoms with E-state index in [9.17, 15) is 14.0 Å². The number of benzene rings is 1. The maximum atomic E-state index is 13.0. The van der Waals surface area contributed by atoms with Crippen molar-refractivity contribution in [1.82, 2.24) is 5.32 Å². The minimum atomic E-state index is -1.01. The number of carbonyl (C=O) groups excluding carboxylic acids is 1. The van der Waals surface area contributed by atoms with Gasteiger partial charge in [-0.3, -0.25) is 4.79 Å². The number of methoxy groups -OCH3 is 1. The first kappa shape index (κ1) is 16.4. The Morgan fingerprint density at radius 2 is 2.20 bits per heavy atom. The minimum Gasteiger partial charge on any atom is -0.481 e. The van der Waals surface area contributed by atoms with Gasteiger partial charge in [0.15, 0.2) is 0 Å². The largest absolute Gasteiger partial charge is 0.481 e. The van der Waals surface area contributed by atoms with Gasteiger partial charge in [0, 0.05) is 19.3 Å². The van der Waals surface area contributed by atoms with Crippen LogP contribution < -0.4 is 10.6 Å². The van der Waals surface area contributed by atoms with Gasteiger partial charge in [-0.05, 0) is 34.1 Å². The molecule has 0 radical (unpaired) electrons. The van der Waals surface area contributed by atoms with Gasteiger partial charge >= 0.3 is 12.0 Å². The number of halogens is 2. The lowest BCUT2D eigenvalue weighted by atomic mass is 10.2. The summed E-state index contributed by atoms with van der Waals surface area (Å²) in [6.45, 7) is 0.0526. The third-order valence-electron chi connectivity index (χ3n) is 2.40. The fraction of sp³-hybridized carbons (Fsp3) is 0.333. The van der Waals surface area contributed by atoms with E-state index in [2.05, 4.69) is 26.6 Å². The standard InChI is InChI=1S/C12H14BrFN2O4/c1-20-8(5-11(17)18)6-15-12(19)16-7-2-3-10(14)9(13)4-7/h2-4,8H,5-6H2,1H3,(H,17,18)(H2,15,16,19). The second-order valence-electron chi connectivity index (χ2n) is 3.92. The predicted molar refractivity (Wildman–Crippen MR) is 74.2 cm³/mol. The zero-order valence-electron chi connectivity index (χ0n) is 10.7. The third-order valence-corrected chi connectivity index (χ3v) is 3.01. The monoisotopic (exact) mass is 348 g/mol. The summed E-state index contributed by atoms with van der Waals surface area (Å²) in [5.41, 5.74) is 0.406. The lowest BCUT2D eigenvalue weighted by Gasteiger charge is -2.14. The van der Waals surface area contributed by atoms with Gasteiger partial charge in [-0.2, -0.15) is 0 Å². The molecule has 0 saturated heterocycles. The van der Waals surface area contributed by atoms with Crippen LogP contribution in [0.5, 0.6) is 0 Å². The zero-order chi connectivity index (χ0) is 15.1. The number of anilines is 1. The maximum absolute atomic E-state index is 13.0. The molecule has 0 spiro atoms. The van der Waals surface area contributed by atoms with E-state index in [-0.39, 0.29) is 17.4 Å². The SMILES string of the molecule is COC(CNC(=O)Nc1ccc(F)c(Br)c1)CC(=O)O. The van der Waals surface area contributed by atoms with Crippen LogP contribution >= 0.6 is 15.9 Å². The fourth-order valence-corrected chi connectivity index (χ4v) is 1.77. The van der Waals surface area contributed by atoms with Gasteiger partial charge in [0.25, 0.3) is 0 Å². The van der Waals surface area contributed by atoms with Crippen LogP contribution in [0.25, 0.3) is 0 Å². The van der Waals surface area contributed by atoms with E-state index in [4.69, 9.17) is 9.84 Å². The van der Waals surface area contributed by atoms with E-state index >= 15 is 0 Å². The first-order chi connectivity index (χ1) is 9.42. The molecule has 1 aromatic carbocycles. The molecular weight excluding hydrogens is 335 g/mol. The van der Waals surface area contributed by atoms with Crippen molar-refractivity contribution in [3.8, 4) is 0 Å². The van der Waals surface area contributed by atoms with Gasteiger partial charge in [0.1, 0.15) is 5.82 Å². The van der Waals surface area contributed by atoms with Crippen molar-refractivity contribution in [3.63, 3.8) is 0 Å². The molecule has 0 aromatic heterocycles. The molecule has 2 amide bonds. The van der Waals surface area contributed by atoms with Gasteiger partial charge in [-0.1, -0.05) is 0 Å². The average molecular weight is 349 g/mol. The minimum absolute atomic E-state index is 0.0526. The highest BCUT2D eigenvalue weighted by molar-refractivity contribution is 9.10. The Labute approximate surface area is 123 Å². The van der Waals surface area contributed by atoms with Crippen LogP contribution in [0.3, 0.4) is 0 Å². The summed E-state index contributed by atoms with van der Waals surface area (Å²) in [7, 11) is 1.37. The van der Waals surface area contributed by atoms with Gasteiger partial charge in [0.2, 0.25) is 0 Å². The highest BCUT2D eigenvalue weighted by Gasteiger charge is 2.13. The van der Waals surface area contributed by atoms with Crippen LogP contribution in [-0.4, -0.2) is 36.9 Å². The molecule has 0 aliphatic heterocycles. The van der Waals surface area contributed by atoms with Crippen molar-refractivity contribution in [2.75, 3.05) is 19.0 Å². The second-order valence-corrected chi connectivity index (χ2v) is 4.77. The molecule has 0 bridgehead atoms. The molecule has 0 aliphatic rings. The molecule has 3 N–H and O–H groups in total. The predicted octanol–water partition coefficient (Wildman–Crippen LogP) is 2.20. The quantitative estimate of drug-likeness (QED) is 0.735. The van der Waals surface area contributed by atoms with Gasteiger partial charge in [0.05, 0.1) is 17.0 Å². The summed E-state index contributed by atoms with van der Waals surface area (Å²) in [5, 5.41) is 13.6. The molecule has 0 saturated carbocycles. The molecule has 0 fully saturated rings. The van der Waals surface area contributed by atoms with Crippen molar-refractivity contribution in [3.05, 3.63) is 28.5 Å². The molecule has 0 aliphatic carbocycles. The summed E-state index contributed by atoms with van der Waals surface area (Å²) in [6.07, 6.45) is -0.822. The molecule has 1 unspecified atom stereocenters. The number of carboxylic acids is 1. The summed E-state index contributed by atoms with van der Waals surface area (Å²) < 4.78 is 18.2. The molecule has 6 nitrogen and oxygen atoms in total. The molecular formula is C12H14BrFN2O4. The molecule has 20 heavy (non-hydrogen) atoms.